The number of terminal acetylenes is 1. The fourth-order valence-electron chi connectivity index (χ4n) is 2.72. The highest BCUT2D eigenvalue weighted by atomic mass is 31.2. The predicted octanol–water partition coefficient (Wildman–Crippen LogP) is 1.05. The minimum absolute atomic E-state index is 0.676. The van der Waals surface area contributed by atoms with Crippen LogP contribution in [0.15, 0.2) is 21.9 Å². The molecule has 4 atom stereocenters. The van der Waals surface area contributed by atoms with Crippen molar-refractivity contribution in [2.24, 2.45) is 10.8 Å². The largest absolute Gasteiger partial charge is 0.480 e. The van der Waals surface area contributed by atoms with E-state index in [0.717, 1.165) is 16.8 Å². The molecule has 1 aliphatic heterocycles. The zero-order valence-electron chi connectivity index (χ0n) is 23.4. The van der Waals surface area contributed by atoms with Gasteiger partial charge in [-0.3, -0.25) is 28.5 Å². The minimum atomic E-state index is -4.59. The third kappa shape index (κ3) is 10.6. The average Bonchev–Trinajstić information content (AvgIpc) is 3.10. The molecule has 15 nitrogen and oxygen atoms in total. The summed E-state index contributed by atoms with van der Waals surface area (Å²) in [4.78, 5) is 49.2. The van der Waals surface area contributed by atoms with E-state index in [0.29, 0.717) is 0 Å². The number of aromatic amines is 1. The Bertz CT molecular complexity index is 1170. The van der Waals surface area contributed by atoms with Gasteiger partial charge >= 0.3 is 25.5 Å². The van der Waals surface area contributed by atoms with Crippen LogP contribution in [0.1, 0.15) is 54.7 Å². The van der Waals surface area contributed by atoms with E-state index in [1.165, 1.54) is 0 Å². The summed E-state index contributed by atoms with van der Waals surface area (Å²) in [5.74, 6) is 0.898. The number of nitrogens with one attached hydrogen (secondary N) is 1. The Morgan fingerprint density at radius 3 is 1.93 bits per heavy atom. The summed E-state index contributed by atoms with van der Waals surface area (Å²) in [6.45, 7) is 8.79. The maximum absolute atomic E-state index is 13.1. The molecular formula is C24H37N2O13P. The van der Waals surface area contributed by atoms with Gasteiger partial charge in [0.05, 0.1) is 17.4 Å². The standard InChI is InChI=1S/C21H33N2O13P.C3H4/c1-20(2,3)17(27)31-10-34-37(30,35-11-32-18(28)21(4,5)6)33-9-12-14(25)15(26)16(36-12)23-8-7-13(24)22-19(23)29;1-3-2/h7-8,12,14-16,25-26H,9-11H2,1-6H3,(H,22,24,29);1H,2H3/t12-,14+,15?,16-;/m1./s1. The molecule has 0 spiro atoms. The zero-order valence-corrected chi connectivity index (χ0v) is 24.3. The molecule has 40 heavy (non-hydrogen) atoms. The van der Waals surface area contributed by atoms with Crippen molar-refractivity contribution in [3.8, 4) is 12.3 Å². The molecule has 1 unspecified atom stereocenters. The number of carbonyl (C=O) groups is 2. The second-order valence-electron chi connectivity index (χ2n) is 10.5. The molecule has 0 bridgehead atoms. The number of esters is 2. The van der Waals surface area contributed by atoms with Crippen LogP contribution in [0, 0.1) is 23.2 Å². The lowest BCUT2D eigenvalue weighted by Gasteiger charge is -2.23. The fraction of sp³-hybridized carbons (Fsp3) is 0.667. The molecule has 2 heterocycles. The summed E-state index contributed by atoms with van der Waals surface area (Å²) in [5.41, 5.74) is -3.35. The number of hydrogen-bond acceptors (Lipinski definition) is 13. The van der Waals surface area contributed by atoms with Crippen molar-refractivity contribution in [2.45, 2.75) is 73.0 Å². The van der Waals surface area contributed by atoms with Crippen LogP contribution < -0.4 is 11.2 Å². The lowest BCUT2D eigenvalue weighted by Crippen LogP contribution is -2.37. The Balaban J connectivity index is 0.00000254. The van der Waals surface area contributed by atoms with Crippen molar-refractivity contribution < 1.29 is 52.1 Å². The van der Waals surface area contributed by atoms with E-state index >= 15 is 0 Å². The quantitative estimate of drug-likeness (QED) is 0.151. The predicted molar refractivity (Wildman–Crippen MR) is 138 cm³/mol. The molecule has 0 saturated carbocycles. The Morgan fingerprint density at radius 2 is 1.50 bits per heavy atom. The molecule has 0 aromatic carbocycles. The first-order valence-corrected chi connectivity index (χ1v) is 13.4. The summed E-state index contributed by atoms with van der Waals surface area (Å²) in [5, 5.41) is 20.7. The highest BCUT2D eigenvalue weighted by Gasteiger charge is 2.45. The van der Waals surface area contributed by atoms with Gasteiger partial charge in [0.15, 0.2) is 6.23 Å². The summed E-state index contributed by atoms with van der Waals surface area (Å²) in [7, 11) is -4.59. The van der Waals surface area contributed by atoms with Crippen LogP contribution in [0.3, 0.4) is 0 Å². The summed E-state index contributed by atoms with van der Waals surface area (Å²) in [6, 6.07) is 1.02. The molecule has 1 aliphatic rings. The summed E-state index contributed by atoms with van der Waals surface area (Å²) < 4.78 is 44.5. The van der Waals surface area contributed by atoms with E-state index in [-0.39, 0.29) is 0 Å². The molecule has 3 N–H and O–H groups in total. The number of phosphoric ester groups is 1. The number of carbonyl (C=O) groups excluding carboxylic acids is 2. The number of aliphatic hydroxyl groups excluding tert-OH is 2. The van der Waals surface area contributed by atoms with E-state index in [4.69, 9.17) is 27.8 Å². The van der Waals surface area contributed by atoms with Gasteiger partial charge in [0.2, 0.25) is 13.6 Å². The van der Waals surface area contributed by atoms with Crippen LogP contribution in [-0.4, -0.2) is 70.2 Å². The number of rotatable bonds is 10. The summed E-state index contributed by atoms with van der Waals surface area (Å²) >= 11 is 0. The van der Waals surface area contributed by atoms with Gasteiger partial charge in [-0.1, -0.05) is 0 Å². The number of ether oxygens (including phenoxy) is 3. The molecule has 1 fully saturated rings. The van der Waals surface area contributed by atoms with Crippen molar-refractivity contribution in [1.82, 2.24) is 9.55 Å². The van der Waals surface area contributed by atoms with Gasteiger partial charge in [0, 0.05) is 12.3 Å². The molecule has 1 saturated heterocycles. The van der Waals surface area contributed by atoms with Crippen LogP contribution in [0.4, 0.5) is 0 Å². The second kappa shape index (κ2) is 14.7. The molecular weight excluding hydrogens is 555 g/mol. The lowest BCUT2D eigenvalue weighted by molar-refractivity contribution is -0.163. The van der Waals surface area contributed by atoms with E-state index in [1.54, 1.807) is 48.5 Å². The first kappa shape index (κ1) is 35.2. The van der Waals surface area contributed by atoms with Crippen molar-refractivity contribution in [2.75, 3.05) is 20.2 Å². The normalized spacial score (nSPS) is 21.1. The zero-order chi connectivity index (χ0) is 30.9. The van der Waals surface area contributed by atoms with Crippen LogP contribution in [0.5, 0.6) is 0 Å². The summed E-state index contributed by atoms with van der Waals surface area (Å²) in [6.07, 6.45) is -0.327. The Labute approximate surface area is 231 Å². The average molecular weight is 593 g/mol. The molecule has 2 rings (SSSR count). The van der Waals surface area contributed by atoms with E-state index in [9.17, 15) is 34.0 Å². The van der Waals surface area contributed by atoms with Crippen LogP contribution in [0.2, 0.25) is 0 Å². The SMILES string of the molecule is C#CC.CC(C)(C)C(=O)OCOP(=O)(OCOC(=O)C(C)(C)C)OC[C@H]1O[C@@H](n2ccc(=O)[nH]c2=O)C(O)[C@H]1O. The number of aromatic nitrogens is 2. The lowest BCUT2D eigenvalue weighted by atomic mass is 9.98. The number of nitrogens with zero attached hydrogens (tertiary/aromatic N) is 1. The van der Waals surface area contributed by atoms with Gasteiger partial charge < -0.3 is 24.4 Å². The van der Waals surface area contributed by atoms with Crippen molar-refractivity contribution in [3.05, 3.63) is 33.1 Å². The van der Waals surface area contributed by atoms with E-state index in [1.807, 2.05) is 4.98 Å². The molecule has 1 aromatic heterocycles. The van der Waals surface area contributed by atoms with Crippen molar-refractivity contribution in [1.29, 1.82) is 0 Å². The number of H-pyrrole nitrogens is 1. The smallest absolute Gasteiger partial charge is 0.437 e. The Hall–Kier alpha value is -2.83. The highest BCUT2D eigenvalue weighted by molar-refractivity contribution is 7.48. The van der Waals surface area contributed by atoms with Crippen molar-refractivity contribution in [3.63, 3.8) is 0 Å². The number of phosphoric acid groups is 1. The second-order valence-corrected chi connectivity index (χ2v) is 12.1. The maximum Gasteiger partial charge on any atom is 0.480 e. The van der Waals surface area contributed by atoms with Crippen LogP contribution in [0.25, 0.3) is 0 Å². The van der Waals surface area contributed by atoms with Gasteiger partial charge in [-0.05, 0) is 48.5 Å². The molecule has 0 amide bonds. The van der Waals surface area contributed by atoms with Gasteiger partial charge in [-0.2, -0.15) is 0 Å². The highest BCUT2D eigenvalue weighted by Crippen LogP contribution is 2.50. The van der Waals surface area contributed by atoms with Gasteiger partial charge in [0.1, 0.15) is 18.3 Å². The third-order valence-electron chi connectivity index (χ3n) is 4.89. The van der Waals surface area contributed by atoms with Gasteiger partial charge in [-0.15, -0.1) is 12.3 Å². The monoisotopic (exact) mass is 592 g/mol. The van der Waals surface area contributed by atoms with Gasteiger partial charge in [-0.25, -0.2) is 18.4 Å². The maximum atomic E-state index is 13.1. The molecule has 0 radical (unpaired) electrons. The van der Waals surface area contributed by atoms with E-state index in [2.05, 4.69) is 12.3 Å². The van der Waals surface area contributed by atoms with Crippen LogP contribution in [-0.2, 0) is 41.9 Å². The molecule has 1 aromatic rings. The first-order valence-electron chi connectivity index (χ1n) is 11.9. The molecule has 16 heteroatoms. The Morgan fingerprint density at radius 1 is 1.02 bits per heavy atom. The first-order chi connectivity index (χ1) is 18.4. The molecule has 0 aliphatic carbocycles. The minimum Gasteiger partial charge on any atom is -0.437 e. The topological polar surface area (TPSA) is 202 Å². The van der Waals surface area contributed by atoms with Crippen molar-refractivity contribution >= 4 is 19.8 Å². The number of aliphatic hydroxyl groups is 2. The number of hydrogen-bond donors (Lipinski definition) is 3. The van der Waals surface area contributed by atoms with E-state index < -0.39 is 86.6 Å². The molecule has 226 valence electrons. The van der Waals surface area contributed by atoms with Gasteiger partial charge in [0.25, 0.3) is 5.56 Å². The third-order valence-corrected chi connectivity index (χ3v) is 6.19. The Kier molecular flexibility index (Phi) is 12.9. The van der Waals surface area contributed by atoms with Crippen LogP contribution >= 0.6 is 7.82 Å². The fourth-order valence-corrected chi connectivity index (χ4v) is 3.64.